The fraction of sp³-hybridized carbons (Fsp3) is 0.500. The predicted octanol–water partition coefficient (Wildman–Crippen LogP) is 1.72. The van der Waals surface area contributed by atoms with Crippen molar-refractivity contribution in [2.75, 3.05) is 6.54 Å². The van der Waals surface area contributed by atoms with Crippen LogP contribution in [0.2, 0.25) is 0 Å². The number of hydrogen-bond acceptors (Lipinski definition) is 3. The van der Waals surface area contributed by atoms with E-state index in [0.717, 1.165) is 6.54 Å². The molecule has 4 heteroatoms. The topological polar surface area (TPSA) is 62.5 Å². The van der Waals surface area contributed by atoms with Crippen molar-refractivity contribution >= 4 is 5.97 Å². The van der Waals surface area contributed by atoms with E-state index in [1.165, 1.54) is 12.3 Å². The molecule has 78 valence electrons. The zero-order valence-corrected chi connectivity index (χ0v) is 8.41. The molecule has 0 atom stereocenters. The van der Waals surface area contributed by atoms with E-state index in [1.54, 1.807) is 0 Å². The Morgan fingerprint density at radius 1 is 1.64 bits per heavy atom. The van der Waals surface area contributed by atoms with Crippen LogP contribution < -0.4 is 5.32 Å². The van der Waals surface area contributed by atoms with Crippen molar-refractivity contribution in [3.63, 3.8) is 0 Å². The Bertz CT molecular complexity index is 304. The van der Waals surface area contributed by atoms with Gasteiger partial charge in [-0.25, -0.2) is 4.79 Å². The first-order valence-corrected chi connectivity index (χ1v) is 4.61. The van der Waals surface area contributed by atoms with Gasteiger partial charge in [-0.2, -0.15) is 0 Å². The molecule has 0 aliphatic rings. The lowest BCUT2D eigenvalue weighted by Crippen LogP contribution is -2.19. The Morgan fingerprint density at radius 2 is 2.36 bits per heavy atom. The molecule has 0 aromatic carbocycles. The molecule has 0 fully saturated rings. The fourth-order valence-corrected chi connectivity index (χ4v) is 1.14. The first kappa shape index (κ1) is 10.8. The van der Waals surface area contributed by atoms with Crippen LogP contribution in [0.1, 0.15) is 30.0 Å². The van der Waals surface area contributed by atoms with Crippen LogP contribution in [0, 0.1) is 5.92 Å². The molecule has 4 nitrogen and oxygen atoms in total. The van der Waals surface area contributed by atoms with Crippen molar-refractivity contribution in [2.24, 2.45) is 5.92 Å². The molecule has 0 bridgehead atoms. The highest BCUT2D eigenvalue weighted by atomic mass is 16.4. The van der Waals surface area contributed by atoms with Crippen molar-refractivity contribution in [2.45, 2.75) is 20.4 Å². The summed E-state index contributed by atoms with van der Waals surface area (Å²) >= 11 is 0. The van der Waals surface area contributed by atoms with E-state index in [4.69, 9.17) is 9.52 Å². The van der Waals surface area contributed by atoms with Crippen molar-refractivity contribution in [1.29, 1.82) is 0 Å². The van der Waals surface area contributed by atoms with Gasteiger partial charge < -0.3 is 14.8 Å². The molecule has 0 amide bonds. The maximum Gasteiger partial charge on any atom is 0.339 e. The molecule has 1 aromatic rings. The number of carboxylic acid groups (broad SMARTS) is 1. The molecule has 2 N–H and O–H groups in total. The van der Waals surface area contributed by atoms with Gasteiger partial charge >= 0.3 is 5.97 Å². The lowest BCUT2D eigenvalue weighted by molar-refractivity contribution is 0.0694. The third-order valence-electron chi connectivity index (χ3n) is 1.81. The van der Waals surface area contributed by atoms with Gasteiger partial charge in [-0.05, 0) is 18.5 Å². The van der Waals surface area contributed by atoms with Crippen molar-refractivity contribution in [3.05, 3.63) is 23.7 Å². The standard InChI is InChI=1S/C10H15NO3/c1-7(2)5-11-6-9-8(10(12)13)3-4-14-9/h3-4,7,11H,5-6H2,1-2H3,(H,12,13). The summed E-state index contributed by atoms with van der Waals surface area (Å²) < 4.78 is 5.06. The second-order valence-electron chi connectivity index (χ2n) is 3.59. The van der Waals surface area contributed by atoms with Crippen molar-refractivity contribution < 1.29 is 14.3 Å². The summed E-state index contributed by atoms with van der Waals surface area (Å²) in [5.41, 5.74) is 0.237. The van der Waals surface area contributed by atoms with Gasteiger partial charge in [0.1, 0.15) is 11.3 Å². The highest BCUT2D eigenvalue weighted by Crippen LogP contribution is 2.09. The van der Waals surface area contributed by atoms with E-state index in [2.05, 4.69) is 19.2 Å². The Labute approximate surface area is 82.9 Å². The second kappa shape index (κ2) is 4.81. The molecule has 0 saturated heterocycles. The highest BCUT2D eigenvalue weighted by molar-refractivity contribution is 5.88. The minimum Gasteiger partial charge on any atom is -0.478 e. The van der Waals surface area contributed by atoms with Crippen LogP contribution in [-0.2, 0) is 6.54 Å². The summed E-state index contributed by atoms with van der Waals surface area (Å²) in [6, 6.07) is 1.47. The number of furan rings is 1. The van der Waals surface area contributed by atoms with Gasteiger partial charge in [0.25, 0.3) is 0 Å². The number of carboxylic acids is 1. The van der Waals surface area contributed by atoms with Crippen molar-refractivity contribution in [3.8, 4) is 0 Å². The Morgan fingerprint density at radius 3 is 2.93 bits per heavy atom. The van der Waals surface area contributed by atoms with E-state index in [-0.39, 0.29) is 5.56 Å². The highest BCUT2D eigenvalue weighted by Gasteiger charge is 2.12. The van der Waals surface area contributed by atoms with Crippen LogP contribution in [0.15, 0.2) is 16.7 Å². The summed E-state index contributed by atoms with van der Waals surface area (Å²) in [6.45, 7) is 5.49. The van der Waals surface area contributed by atoms with Gasteiger partial charge in [-0.15, -0.1) is 0 Å². The van der Waals surface area contributed by atoms with E-state index in [1.807, 2.05) is 0 Å². The Balaban J connectivity index is 2.50. The van der Waals surface area contributed by atoms with E-state index in [9.17, 15) is 4.79 Å². The van der Waals surface area contributed by atoms with Gasteiger partial charge in [-0.1, -0.05) is 13.8 Å². The normalized spacial score (nSPS) is 10.8. The smallest absolute Gasteiger partial charge is 0.339 e. The molecule has 1 heterocycles. The second-order valence-corrected chi connectivity index (χ2v) is 3.59. The summed E-state index contributed by atoms with van der Waals surface area (Å²) in [4.78, 5) is 10.7. The lowest BCUT2D eigenvalue weighted by atomic mass is 10.2. The molecule has 0 saturated carbocycles. The van der Waals surface area contributed by atoms with Crippen LogP contribution in [0.25, 0.3) is 0 Å². The minimum absolute atomic E-state index is 0.237. The first-order chi connectivity index (χ1) is 6.61. The molecule has 1 aromatic heterocycles. The molecule has 0 aliphatic heterocycles. The van der Waals surface area contributed by atoms with Crippen LogP contribution in [-0.4, -0.2) is 17.6 Å². The Kier molecular flexibility index (Phi) is 3.71. The largest absolute Gasteiger partial charge is 0.478 e. The van der Waals surface area contributed by atoms with Crippen molar-refractivity contribution in [1.82, 2.24) is 5.32 Å². The van der Waals surface area contributed by atoms with Crippen LogP contribution >= 0.6 is 0 Å². The molecule has 14 heavy (non-hydrogen) atoms. The summed E-state index contributed by atoms with van der Waals surface area (Å²) in [5, 5.41) is 11.9. The minimum atomic E-state index is -0.944. The van der Waals surface area contributed by atoms with Crippen LogP contribution in [0.3, 0.4) is 0 Å². The zero-order chi connectivity index (χ0) is 10.6. The summed E-state index contributed by atoms with van der Waals surface area (Å²) in [6.07, 6.45) is 1.40. The third kappa shape index (κ3) is 2.88. The number of carbonyl (C=O) groups is 1. The average molecular weight is 197 g/mol. The van der Waals surface area contributed by atoms with Crippen LogP contribution in [0.4, 0.5) is 0 Å². The maximum absolute atomic E-state index is 10.7. The SMILES string of the molecule is CC(C)CNCc1occc1C(=O)O. The van der Waals surface area contributed by atoms with Gasteiger partial charge in [0, 0.05) is 0 Å². The van der Waals surface area contributed by atoms with E-state index < -0.39 is 5.97 Å². The quantitative estimate of drug-likeness (QED) is 0.754. The van der Waals surface area contributed by atoms with Crippen LogP contribution in [0.5, 0.6) is 0 Å². The average Bonchev–Trinajstić information content (AvgIpc) is 2.51. The predicted molar refractivity (Wildman–Crippen MR) is 52.2 cm³/mol. The first-order valence-electron chi connectivity index (χ1n) is 4.61. The van der Waals surface area contributed by atoms with E-state index in [0.29, 0.717) is 18.2 Å². The lowest BCUT2D eigenvalue weighted by Gasteiger charge is -2.05. The van der Waals surface area contributed by atoms with E-state index >= 15 is 0 Å². The van der Waals surface area contributed by atoms with Gasteiger partial charge in [-0.3, -0.25) is 0 Å². The number of rotatable bonds is 5. The summed E-state index contributed by atoms with van der Waals surface area (Å²) in [5.74, 6) is 0.0801. The zero-order valence-electron chi connectivity index (χ0n) is 8.41. The number of hydrogen-bond donors (Lipinski definition) is 2. The molecule has 0 aliphatic carbocycles. The molecule has 0 spiro atoms. The molecular weight excluding hydrogens is 182 g/mol. The van der Waals surface area contributed by atoms with Gasteiger partial charge in [0.2, 0.25) is 0 Å². The number of aromatic carboxylic acids is 1. The van der Waals surface area contributed by atoms with Gasteiger partial charge in [0.15, 0.2) is 0 Å². The molecular formula is C10H15NO3. The fourth-order valence-electron chi connectivity index (χ4n) is 1.14. The third-order valence-corrected chi connectivity index (χ3v) is 1.81. The Hall–Kier alpha value is -1.29. The molecule has 0 radical (unpaired) electrons. The monoisotopic (exact) mass is 197 g/mol. The molecule has 1 rings (SSSR count). The van der Waals surface area contributed by atoms with Gasteiger partial charge in [0.05, 0.1) is 12.8 Å². The molecule has 0 unspecified atom stereocenters. The summed E-state index contributed by atoms with van der Waals surface area (Å²) in [7, 11) is 0. The number of nitrogens with one attached hydrogen (secondary N) is 1. The maximum atomic E-state index is 10.7.